The first-order valence-electron chi connectivity index (χ1n) is 20.0. The maximum absolute atomic E-state index is 14.2. The van der Waals surface area contributed by atoms with E-state index in [4.69, 9.17) is 0 Å². The SMILES string of the molecule is CCC(C)C1NC(=O)C(CC(C)C)NC(=O)C2CCCN2C(=O)C(C(C)CC)NC(=O)C2CCCN2C(=O)C(CO)NC(=O)C(Cc2ccccc2)NC1=O. The molecule has 4 rings (SSSR count). The van der Waals surface area contributed by atoms with E-state index in [0.717, 1.165) is 0 Å². The Morgan fingerprint density at radius 2 is 1.11 bits per heavy atom. The average Bonchev–Trinajstić information content (AvgIpc) is 3.87. The molecule has 6 N–H and O–H groups in total. The van der Waals surface area contributed by atoms with Crippen molar-refractivity contribution in [2.45, 2.75) is 135 Å². The lowest BCUT2D eigenvalue weighted by Crippen LogP contribution is -2.61. The molecule has 1 aromatic rings. The molecule has 3 aliphatic rings. The maximum atomic E-state index is 14.2. The molecule has 9 unspecified atom stereocenters. The summed E-state index contributed by atoms with van der Waals surface area (Å²) in [7, 11) is 0. The van der Waals surface area contributed by atoms with Crippen LogP contribution in [0.1, 0.15) is 92.1 Å². The molecular weight excluding hydrogens is 706 g/mol. The van der Waals surface area contributed by atoms with E-state index in [1.54, 1.807) is 31.2 Å². The van der Waals surface area contributed by atoms with E-state index < -0.39 is 90.3 Å². The lowest BCUT2D eigenvalue weighted by Gasteiger charge is -2.34. The minimum atomic E-state index is -1.43. The van der Waals surface area contributed by atoms with Crippen LogP contribution < -0.4 is 26.6 Å². The Morgan fingerprint density at radius 1 is 0.618 bits per heavy atom. The van der Waals surface area contributed by atoms with E-state index >= 15 is 0 Å². The number of nitrogens with one attached hydrogen (secondary N) is 5. The molecule has 0 aliphatic carbocycles. The van der Waals surface area contributed by atoms with Gasteiger partial charge >= 0.3 is 0 Å². The molecule has 3 aliphatic heterocycles. The van der Waals surface area contributed by atoms with Crippen molar-refractivity contribution in [1.29, 1.82) is 0 Å². The zero-order valence-corrected chi connectivity index (χ0v) is 33.1. The van der Waals surface area contributed by atoms with E-state index in [2.05, 4.69) is 26.6 Å². The predicted octanol–water partition coefficient (Wildman–Crippen LogP) is 0.779. The number of rotatable bonds is 9. The number of carbonyl (C=O) groups excluding carboxylic acids is 7. The Bertz CT molecular complexity index is 1540. The molecule has 0 bridgehead atoms. The summed E-state index contributed by atoms with van der Waals surface area (Å²) in [4.78, 5) is 101. The molecule has 1 aromatic carbocycles. The second kappa shape index (κ2) is 19.9. The molecule has 15 nitrogen and oxygen atoms in total. The monoisotopic (exact) mass is 767 g/mol. The first kappa shape index (κ1) is 43.2. The van der Waals surface area contributed by atoms with E-state index in [0.29, 0.717) is 44.1 Å². The van der Waals surface area contributed by atoms with E-state index in [-0.39, 0.29) is 43.7 Å². The van der Waals surface area contributed by atoms with Crippen molar-refractivity contribution >= 4 is 41.4 Å². The number of nitrogens with zero attached hydrogens (tertiary/aromatic N) is 2. The molecule has 15 heteroatoms. The Labute approximate surface area is 324 Å². The molecule has 0 spiro atoms. The lowest BCUT2D eigenvalue weighted by atomic mass is 9.95. The van der Waals surface area contributed by atoms with Crippen LogP contribution in [0.15, 0.2) is 30.3 Å². The van der Waals surface area contributed by atoms with Gasteiger partial charge in [-0.15, -0.1) is 0 Å². The molecule has 55 heavy (non-hydrogen) atoms. The molecule has 3 saturated heterocycles. The summed E-state index contributed by atoms with van der Waals surface area (Å²) in [5.41, 5.74) is 0.715. The highest BCUT2D eigenvalue weighted by molar-refractivity contribution is 5.99. The van der Waals surface area contributed by atoms with Gasteiger partial charge in [0.1, 0.15) is 42.3 Å². The van der Waals surface area contributed by atoms with Crippen LogP contribution in [0.4, 0.5) is 0 Å². The molecule has 304 valence electrons. The molecule has 7 amide bonds. The molecular formula is C40H61N7O8. The number of aliphatic hydroxyl groups excluding tert-OH is 1. The summed E-state index contributed by atoms with van der Waals surface area (Å²) in [6.45, 7) is 10.9. The Hall–Kier alpha value is -4.53. The predicted molar refractivity (Wildman–Crippen MR) is 205 cm³/mol. The third-order valence-electron chi connectivity index (χ3n) is 11.3. The van der Waals surface area contributed by atoms with Crippen molar-refractivity contribution in [3.8, 4) is 0 Å². The third kappa shape index (κ3) is 10.8. The smallest absolute Gasteiger partial charge is 0.248 e. The number of aliphatic hydroxyl groups is 1. The summed E-state index contributed by atoms with van der Waals surface area (Å²) < 4.78 is 0. The fraction of sp³-hybridized carbons (Fsp3) is 0.675. The summed E-state index contributed by atoms with van der Waals surface area (Å²) in [6, 6.07) is 1.36. The lowest BCUT2D eigenvalue weighted by molar-refractivity contribution is -0.145. The van der Waals surface area contributed by atoms with Gasteiger partial charge in [0.25, 0.3) is 0 Å². The number of amides is 7. The van der Waals surface area contributed by atoms with Gasteiger partial charge in [0.15, 0.2) is 0 Å². The van der Waals surface area contributed by atoms with Crippen molar-refractivity contribution in [1.82, 2.24) is 36.4 Å². The molecule has 0 aromatic heterocycles. The van der Waals surface area contributed by atoms with Crippen molar-refractivity contribution < 1.29 is 38.7 Å². The van der Waals surface area contributed by atoms with E-state index in [1.807, 2.05) is 40.7 Å². The Kier molecular flexibility index (Phi) is 15.6. The Balaban J connectivity index is 1.77. The minimum absolute atomic E-state index is 0.0241. The highest BCUT2D eigenvalue weighted by Gasteiger charge is 2.44. The maximum Gasteiger partial charge on any atom is 0.248 e. The van der Waals surface area contributed by atoms with E-state index in [1.165, 1.54) is 9.80 Å². The van der Waals surface area contributed by atoms with Gasteiger partial charge in [-0.05, 0) is 55.4 Å². The van der Waals surface area contributed by atoms with Crippen LogP contribution in [0.5, 0.6) is 0 Å². The third-order valence-corrected chi connectivity index (χ3v) is 11.3. The number of fused-ring (bicyclic) bond motifs is 2. The number of benzene rings is 1. The van der Waals surface area contributed by atoms with Gasteiger partial charge in [-0.25, -0.2) is 0 Å². The fourth-order valence-corrected chi connectivity index (χ4v) is 7.62. The molecule has 0 radical (unpaired) electrons. The zero-order chi connectivity index (χ0) is 40.4. The Morgan fingerprint density at radius 3 is 1.67 bits per heavy atom. The first-order chi connectivity index (χ1) is 26.2. The second-order valence-corrected chi connectivity index (χ2v) is 15.8. The van der Waals surface area contributed by atoms with Gasteiger partial charge in [-0.1, -0.05) is 84.7 Å². The summed E-state index contributed by atoms with van der Waals surface area (Å²) >= 11 is 0. The molecule has 9 atom stereocenters. The quantitative estimate of drug-likeness (QED) is 0.211. The summed E-state index contributed by atoms with van der Waals surface area (Å²) in [5.74, 6) is -4.82. The zero-order valence-electron chi connectivity index (χ0n) is 33.1. The molecule has 3 fully saturated rings. The van der Waals surface area contributed by atoms with Gasteiger partial charge in [0.05, 0.1) is 6.61 Å². The van der Waals surface area contributed by atoms with Gasteiger partial charge in [-0.2, -0.15) is 0 Å². The van der Waals surface area contributed by atoms with Gasteiger partial charge in [-0.3, -0.25) is 33.6 Å². The summed E-state index contributed by atoms with van der Waals surface area (Å²) in [5, 5.41) is 24.4. The topological polar surface area (TPSA) is 206 Å². The fourth-order valence-electron chi connectivity index (χ4n) is 7.62. The van der Waals surface area contributed by atoms with E-state index in [9.17, 15) is 38.7 Å². The molecule has 3 heterocycles. The standard InChI is InChI=1S/C40H61N7O8/c1-7-24(5)32-38(53)42-28(21-26-14-10-9-11-15-26)34(49)43-29(22-48)39(54)46-18-12-17-31(46)37(52)45-33(25(6)8-2)40(55)47-19-13-16-30(47)36(51)41-27(20-23(3)4)35(50)44-32/h9-11,14-15,23-25,27-33,48H,7-8,12-13,16-22H2,1-6H3,(H,41,51)(H,42,53)(H,43,49)(H,44,50)(H,45,52). The minimum Gasteiger partial charge on any atom is -0.394 e. The van der Waals surface area contributed by atoms with Gasteiger partial charge < -0.3 is 41.5 Å². The van der Waals surface area contributed by atoms with Crippen LogP contribution in [0.3, 0.4) is 0 Å². The highest BCUT2D eigenvalue weighted by atomic mass is 16.3. The van der Waals surface area contributed by atoms with Crippen LogP contribution in [0.2, 0.25) is 0 Å². The largest absolute Gasteiger partial charge is 0.394 e. The molecule has 0 saturated carbocycles. The van der Waals surface area contributed by atoms with Crippen molar-refractivity contribution in [2.75, 3.05) is 19.7 Å². The van der Waals surface area contributed by atoms with Crippen molar-refractivity contribution in [3.63, 3.8) is 0 Å². The van der Waals surface area contributed by atoms with Crippen molar-refractivity contribution in [3.05, 3.63) is 35.9 Å². The van der Waals surface area contributed by atoms with Crippen LogP contribution >= 0.6 is 0 Å². The first-order valence-corrected chi connectivity index (χ1v) is 20.0. The van der Waals surface area contributed by atoms with Crippen LogP contribution in [0.25, 0.3) is 0 Å². The van der Waals surface area contributed by atoms with Crippen LogP contribution in [-0.4, -0.2) is 118 Å². The summed E-state index contributed by atoms with van der Waals surface area (Å²) in [6.07, 6.45) is 3.03. The highest BCUT2D eigenvalue weighted by Crippen LogP contribution is 2.24. The number of hydrogen-bond donors (Lipinski definition) is 6. The van der Waals surface area contributed by atoms with Crippen LogP contribution in [0, 0.1) is 17.8 Å². The second-order valence-electron chi connectivity index (χ2n) is 15.8. The average molecular weight is 768 g/mol. The van der Waals surface area contributed by atoms with Gasteiger partial charge in [0, 0.05) is 19.5 Å². The number of carbonyl (C=O) groups is 7. The van der Waals surface area contributed by atoms with Crippen LogP contribution in [-0.2, 0) is 40.0 Å². The van der Waals surface area contributed by atoms with Gasteiger partial charge in [0.2, 0.25) is 41.4 Å². The normalized spacial score (nSPS) is 28.9. The number of hydrogen-bond acceptors (Lipinski definition) is 8. The van der Waals surface area contributed by atoms with Crippen molar-refractivity contribution in [2.24, 2.45) is 17.8 Å².